The second-order valence-electron chi connectivity index (χ2n) is 6.11. The summed E-state index contributed by atoms with van der Waals surface area (Å²) in [5.41, 5.74) is 1.79. The van der Waals surface area contributed by atoms with Crippen LogP contribution >= 0.6 is 0 Å². The van der Waals surface area contributed by atoms with Crippen LogP contribution in [0.2, 0.25) is 0 Å². The number of aryl methyl sites for hydroxylation is 2. The van der Waals surface area contributed by atoms with Crippen molar-refractivity contribution in [2.75, 3.05) is 38.3 Å². The van der Waals surface area contributed by atoms with E-state index in [0.717, 1.165) is 54.4 Å². The van der Waals surface area contributed by atoms with Crippen molar-refractivity contribution in [1.82, 2.24) is 15.0 Å². The minimum absolute atomic E-state index is 0.456. The van der Waals surface area contributed by atoms with Gasteiger partial charge in [-0.05, 0) is 18.9 Å². The number of anilines is 1. The van der Waals surface area contributed by atoms with E-state index >= 15 is 0 Å². The topological polar surface area (TPSA) is 60.4 Å². The highest BCUT2D eigenvalue weighted by molar-refractivity contribution is 5.94. The molecule has 1 aliphatic heterocycles. The third kappa shape index (κ3) is 4.37. The molecule has 0 spiro atoms. The Morgan fingerprint density at radius 3 is 2.72 bits per heavy atom. The number of fused-ring (bicyclic) bond motifs is 1. The predicted octanol–water partition coefficient (Wildman–Crippen LogP) is 3.40. The molecule has 0 N–H and O–H groups in total. The van der Waals surface area contributed by atoms with Crippen LogP contribution in [0.4, 0.5) is 5.82 Å². The third-order valence-electron chi connectivity index (χ3n) is 4.05. The Balaban J connectivity index is 0.00000109. The number of pyridine rings is 1. The second kappa shape index (κ2) is 8.94. The molecule has 3 heterocycles. The van der Waals surface area contributed by atoms with Gasteiger partial charge < -0.3 is 14.4 Å². The summed E-state index contributed by atoms with van der Waals surface area (Å²) in [5, 5.41) is 0.893. The Hall–Kier alpha value is -1.95. The van der Waals surface area contributed by atoms with E-state index in [-0.39, 0.29) is 0 Å². The molecular weight excluding hydrogens is 316 g/mol. The van der Waals surface area contributed by atoms with Gasteiger partial charge in [-0.25, -0.2) is 15.0 Å². The van der Waals surface area contributed by atoms with Crippen LogP contribution in [-0.2, 0) is 11.2 Å². The lowest BCUT2D eigenvalue weighted by Crippen LogP contribution is -2.30. The molecule has 0 saturated carbocycles. The molecule has 0 aromatic carbocycles. The lowest BCUT2D eigenvalue weighted by molar-refractivity contribution is 0.129. The van der Waals surface area contributed by atoms with Crippen molar-refractivity contribution < 1.29 is 9.47 Å². The lowest BCUT2D eigenvalue weighted by Gasteiger charge is -2.25. The zero-order valence-corrected chi connectivity index (χ0v) is 16.3. The van der Waals surface area contributed by atoms with Crippen molar-refractivity contribution in [2.24, 2.45) is 5.92 Å². The summed E-state index contributed by atoms with van der Waals surface area (Å²) >= 11 is 0. The molecule has 1 fully saturated rings. The normalized spacial score (nSPS) is 17.7. The molecule has 1 saturated heterocycles. The van der Waals surface area contributed by atoms with Crippen LogP contribution < -0.4 is 9.64 Å². The van der Waals surface area contributed by atoms with Gasteiger partial charge in [-0.15, -0.1) is 0 Å². The molecule has 0 amide bonds. The van der Waals surface area contributed by atoms with Gasteiger partial charge in [0.15, 0.2) is 0 Å². The molecular formula is C19H30N4O2. The molecule has 2 aromatic rings. The van der Waals surface area contributed by atoms with E-state index in [2.05, 4.69) is 28.7 Å². The first kappa shape index (κ1) is 19.4. The maximum Gasteiger partial charge on any atom is 0.226 e. The molecule has 0 radical (unpaired) electrons. The lowest BCUT2D eigenvalue weighted by atomic mass is 10.1. The molecule has 1 unspecified atom stereocenters. The minimum Gasteiger partial charge on any atom is -0.480 e. The predicted molar refractivity (Wildman–Crippen MR) is 102 cm³/mol. The monoisotopic (exact) mass is 346 g/mol. The Labute approximate surface area is 150 Å². The van der Waals surface area contributed by atoms with E-state index in [1.165, 1.54) is 0 Å². The molecule has 1 aliphatic rings. The summed E-state index contributed by atoms with van der Waals surface area (Å²) in [7, 11) is 1.65. The third-order valence-corrected chi connectivity index (χ3v) is 4.05. The fourth-order valence-electron chi connectivity index (χ4n) is 2.97. The van der Waals surface area contributed by atoms with Gasteiger partial charge >= 0.3 is 0 Å². The van der Waals surface area contributed by atoms with Gasteiger partial charge in [0, 0.05) is 25.2 Å². The van der Waals surface area contributed by atoms with Gasteiger partial charge in [-0.1, -0.05) is 27.7 Å². The number of methoxy groups -OCH3 is 1. The van der Waals surface area contributed by atoms with E-state index in [1.54, 1.807) is 7.11 Å². The van der Waals surface area contributed by atoms with Gasteiger partial charge in [-0.2, -0.15) is 0 Å². The zero-order valence-electron chi connectivity index (χ0n) is 16.3. The fourth-order valence-corrected chi connectivity index (χ4v) is 2.97. The van der Waals surface area contributed by atoms with Crippen molar-refractivity contribution in [3.8, 4) is 5.88 Å². The van der Waals surface area contributed by atoms with Gasteiger partial charge in [0.05, 0.1) is 25.8 Å². The van der Waals surface area contributed by atoms with Gasteiger partial charge in [0.1, 0.15) is 17.0 Å². The molecule has 3 rings (SSSR count). The average Bonchev–Trinajstić information content (AvgIpc) is 2.85. The zero-order chi connectivity index (χ0) is 18.4. The van der Waals surface area contributed by atoms with Crippen molar-refractivity contribution >= 4 is 16.7 Å². The van der Waals surface area contributed by atoms with Gasteiger partial charge in [-0.3, -0.25) is 0 Å². The van der Waals surface area contributed by atoms with Crippen LogP contribution in [-0.4, -0.2) is 48.4 Å². The summed E-state index contributed by atoms with van der Waals surface area (Å²) in [6.07, 6.45) is 0.798. The van der Waals surface area contributed by atoms with E-state index in [4.69, 9.17) is 14.5 Å². The second-order valence-corrected chi connectivity index (χ2v) is 6.11. The number of hydrogen-bond acceptors (Lipinski definition) is 6. The molecule has 25 heavy (non-hydrogen) atoms. The molecule has 138 valence electrons. The maximum atomic E-state index is 5.67. The van der Waals surface area contributed by atoms with Crippen LogP contribution in [0.5, 0.6) is 5.88 Å². The molecule has 2 aromatic heterocycles. The highest BCUT2D eigenvalue weighted by atomic mass is 16.5. The first-order valence-corrected chi connectivity index (χ1v) is 9.17. The Kier molecular flexibility index (Phi) is 6.93. The van der Waals surface area contributed by atoms with Crippen molar-refractivity contribution in [3.05, 3.63) is 17.6 Å². The van der Waals surface area contributed by atoms with Crippen LogP contribution in [0.15, 0.2) is 6.07 Å². The van der Waals surface area contributed by atoms with E-state index in [0.29, 0.717) is 18.4 Å². The molecule has 6 nitrogen and oxygen atoms in total. The largest absolute Gasteiger partial charge is 0.480 e. The Bertz CT molecular complexity index is 705. The number of aromatic nitrogens is 3. The molecule has 1 atom stereocenters. The summed E-state index contributed by atoms with van der Waals surface area (Å²) in [5.74, 6) is 2.80. The molecule has 0 aliphatic carbocycles. The summed E-state index contributed by atoms with van der Waals surface area (Å²) in [4.78, 5) is 16.3. The quantitative estimate of drug-likeness (QED) is 0.849. The minimum atomic E-state index is 0.456. The molecule has 6 heteroatoms. The summed E-state index contributed by atoms with van der Waals surface area (Å²) in [6, 6.07) is 2.00. The van der Waals surface area contributed by atoms with Crippen LogP contribution in [0.1, 0.15) is 39.2 Å². The summed E-state index contributed by atoms with van der Waals surface area (Å²) < 4.78 is 11.2. The van der Waals surface area contributed by atoms with Crippen LogP contribution in [0, 0.1) is 12.8 Å². The van der Waals surface area contributed by atoms with Gasteiger partial charge in [0.2, 0.25) is 5.88 Å². The number of rotatable bonds is 3. The first-order chi connectivity index (χ1) is 12.1. The SMILES string of the molecule is CC.CCc1nc(N2CCOCC(C)C2)c2c(OC)nc(C)cc2n1. The van der Waals surface area contributed by atoms with Gasteiger partial charge in [0.25, 0.3) is 0 Å². The fraction of sp³-hybridized carbons (Fsp3) is 0.632. The molecule has 0 bridgehead atoms. The highest BCUT2D eigenvalue weighted by Crippen LogP contribution is 2.32. The van der Waals surface area contributed by atoms with E-state index < -0.39 is 0 Å². The number of ether oxygens (including phenoxy) is 2. The average molecular weight is 346 g/mol. The summed E-state index contributed by atoms with van der Waals surface area (Å²) in [6.45, 7) is 13.4. The smallest absolute Gasteiger partial charge is 0.226 e. The number of hydrogen-bond donors (Lipinski definition) is 0. The van der Waals surface area contributed by atoms with Crippen molar-refractivity contribution in [1.29, 1.82) is 0 Å². The van der Waals surface area contributed by atoms with Crippen LogP contribution in [0.25, 0.3) is 10.9 Å². The van der Waals surface area contributed by atoms with E-state index in [9.17, 15) is 0 Å². The number of nitrogens with zero attached hydrogens (tertiary/aromatic N) is 4. The standard InChI is InChI=1S/C17H24N4O2.C2H6/c1-5-14-19-13-8-12(3)18-17(22-4)15(13)16(20-14)21-6-7-23-10-11(2)9-21;1-2/h8,11H,5-7,9-10H2,1-4H3;1-2H3. The Morgan fingerprint density at radius 1 is 1.28 bits per heavy atom. The van der Waals surface area contributed by atoms with Crippen molar-refractivity contribution in [3.63, 3.8) is 0 Å². The maximum absolute atomic E-state index is 5.67. The first-order valence-electron chi connectivity index (χ1n) is 9.17. The highest BCUT2D eigenvalue weighted by Gasteiger charge is 2.22. The van der Waals surface area contributed by atoms with Crippen molar-refractivity contribution in [2.45, 2.75) is 41.0 Å². The van der Waals surface area contributed by atoms with Crippen LogP contribution in [0.3, 0.4) is 0 Å². The Morgan fingerprint density at radius 2 is 2.04 bits per heavy atom. The van der Waals surface area contributed by atoms with E-state index in [1.807, 2.05) is 26.8 Å².